The van der Waals surface area contributed by atoms with Crippen LogP contribution in [0.3, 0.4) is 0 Å². The number of rotatable bonds is 4. The molecule has 3 unspecified atom stereocenters. The second kappa shape index (κ2) is 5.56. The van der Waals surface area contributed by atoms with Crippen LogP contribution >= 0.6 is 0 Å². The Bertz CT molecular complexity index is 545. The van der Waals surface area contributed by atoms with Gasteiger partial charge in [0, 0.05) is 19.8 Å². The molecule has 0 aromatic heterocycles. The number of aliphatic hydroxyl groups is 1. The first-order valence-electron chi connectivity index (χ1n) is 7.42. The van der Waals surface area contributed by atoms with E-state index in [0.717, 1.165) is 16.7 Å². The largest absolute Gasteiger partial charge is 0.380 e. The van der Waals surface area contributed by atoms with Gasteiger partial charge in [0.15, 0.2) is 5.79 Å². The van der Waals surface area contributed by atoms with Gasteiger partial charge in [-0.15, -0.1) is 0 Å². The maximum Gasteiger partial charge on any atom is 0.191 e. The Morgan fingerprint density at radius 3 is 2.19 bits per heavy atom. The third-order valence-electron chi connectivity index (χ3n) is 5.17. The predicted molar refractivity (Wildman–Crippen MR) is 83.8 cm³/mol. The SMILES string of the molecule is COC(C)(OC)c1ccccc1C1(O)C(C)=CC(C)C1C. The quantitative estimate of drug-likeness (QED) is 0.680. The lowest BCUT2D eigenvalue weighted by Crippen LogP contribution is -2.38. The molecule has 0 heterocycles. The Morgan fingerprint density at radius 2 is 1.71 bits per heavy atom. The fourth-order valence-electron chi connectivity index (χ4n) is 3.38. The second-order valence-electron chi connectivity index (χ2n) is 6.16. The van der Waals surface area contributed by atoms with E-state index in [0.29, 0.717) is 5.92 Å². The molecule has 3 heteroatoms. The highest BCUT2D eigenvalue weighted by molar-refractivity contribution is 5.44. The number of ether oxygens (including phenoxy) is 2. The van der Waals surface area contributed by atoms with Crippen molar-refractivity contribution in [1.82, 2.24) is 0 Å². The third-order valence-corrected chi connectivity index (χ3v) is 5.17. The van der Waals surface area contributed by atoms with Gasteiger partial charge < -0.3 is 14.6 Å². The average Bonchev–Trinajstić information content (AvgIpc) is 2.70. The summed E-state index contributed by atoms with van der Waals surface area (Å²) in [6.45, 7) is 8.09. The highest BCUT2D eigenvalue weighted by atomic mass is 16.7. The van der Waals surface area contributed by atoms with E-state index in [1.165, 1.54) is 0 Å². The molecule has 1 aromatic rings. The first-order valence-corrected chi connectivity index (χ1v) is 7.42. The molecule has 0 spiro atoms. The molecular formula is C18H26O3. The van der Waals surface area contributed by atoms with Crippen molar-refractivity contribution >= 4 is 0 Å². The average molecular weight is 290 g/mol. The first-order chi connectivity index (χ1) is 9.81. The molecule has 1 aromatic carbocycles. The molecular weight excluding hydrogens is 264 g/mol. The molecule has 0 amide bonds. The summed E-state index contributed by atoms with van der Waals surface area (Å²) in [5, 5.41) is 11.4. The number of methoxy groups -OCH3 is 2. The van der Waals surface area contributed by atoms with Gasteiger partial charge >= 0.3 is 0 Å². The molecule has 0 radical (unpaired) electrons. The molecule has 1 aliphatic carbocycles. The molecule has 2 rings (SSSR count). The van der Waals surface area contributed by atoms with E-state index >= 15 is 0 Å². The van der Waals surface area contributed by atoms with E-state index in [1.807, 2.05) is 38.1 Å². The lowest BCUT2D eigenvalue weighted by atomic mass is 9.76. The van der Waals surface area contributed by atoms with Gasteiger partial charge in [-0.25, -0.2) is 0 Å². The van der Waals surface area contributed by atoms with Crippen LogP contribution in [0.25, 0.3) is 0 Å². The molecule has 21 heavy (non-hydrogen) atoms. The van der Waals surface area contributed by atoms with Crippen LogP contribution in [0.2, 0.25) is 0 Å². The molecule has 0 saturated heterocycles. The summed E-state index contributed by atoms with van der Waals surface area (Å²) in [6, 6.07) is 7.83. The molecule has 116 valence electrons. The number of allylic oxidation sites excluding steroid dienone is 1. The van der Waals surface area contributed by atoms with E-state index in [1.54, 1.807) is 14.2 Å². The maximum absolute atomic E-state index is 11.4. The van der Waals surface area contributed by atoms with Crippen molar-refractivity contribution in [3.8, 4) is 0 Å². The molecule has 3 atom stereocenters. The lowest BCUT2D eigenvalue weighted by Gasteiger charge is -2.38. The van der Waals surface area contributed by atoms with Crippen molar-refractivity contribution in [2.24, 2.45) is 11.8 Å². The molecule has 3 nitrogen and oxygen atoms in total. The van der Waals surface area contributed by atoms with Crippen molar-refractivity contribution in [3.05, 3.63) is 47.0 Å². The van der Waals surface area contributed by atoms with Crippen molar-refractivity contribution in [2.75, 3.05) is 14.2 Å². The lowest BCUT2D eigenvalue weighted by molar-refractivity contribution is -0.203. The van der Waals surface area contributed by atoms with E-state index in [9.17, 15) is 5.11 Å². The zero-order chi connectivity index (χ0) is 15.8. The van der Waals surface area contributed by atoms with Gasteiger partial charge in [0.1, 0.15) is 5.60 Å². The zero-order valence-corrected chi connectivity index (χ0v) is 13.8. The van der Waals surface area contributed by atoms with Crippen LogP contribution in [-0.2, 0) is 20.9 Å². The normalized spacial score (nSPS) is 29.6. The Kier molecular flexibility index (Phi) is 4.29. The van der Waals surface area contributed by atoms with Crippen LogP contribution in [0, 0.1) is 11.8 Å². The summed E-state index contributed by atoms with van der Waals surface area (Å²) < 4.78 is 11.1. The summed E-state index contributed by atoms with van der Waals surface area (Å²) >= 11 is 0. The summed E-state index contributed by atoms with van der Waals surface area (Å²) in [4.78, 5) is 0. The number of hydrogen-bond donors (Lipinski definition) is 1. The second-order valence-corrected chi connectivity index (χ2v) is 6.16. The summed E-state index contributed by atoms with van der Waals surface area (Å²) in [5.41, 5.74) is 1.74. The van der Waals surface area contributed by atoms with Gasteiger partial charge in [0.2, 0.25) is 0 Å². The zero-order valence-electron chi connectivity index (χ0n) is 13.8. The van der Waals surface area contributed by atoms with E-state index < -0.39 is 11.4 Å². The van der Waals surface area contributed by atoms with E-state index in [2.05, 4.69) is 19.9 Å². The summed E-state index contributed by atoms with van der Waals surface area (Å²) in [5.74, 6) is -0.436. The molecule has 1 N–H and O–H groups in total. The molecule has 0 bridgehead atoms. The highest BCUT2D eigenvalue weighted by Crippen LogP contribution is 2.49. The summed E-state index contributed by atoms with van der Waals surface area (Å²) in [6.07, 6.45) is 2.15. The minimum absolute atomic E-state index is 0.108. The minimum Gasteiger partial charge on any atom is -0.380 e. The van der Waals surface area contributed by atoms with Gasteiger partial charge in [-0.2, -0.15) is 0 Å². The number of hydrogen-bond acceptors (Lipinski definition) is 3. The number of benzene rings is 1. The predicted octanol–water partition coefficient (Wildman–Crippen LogP) is 3.57. The fraction of sp³-hybridized carbons (Fsp3) is 0.556. The van der Waals surface area contributed by atoms with Gasteiger partial charge in [-0.1, -0.05) is 44.2 Å². The van der Waals surface area contributed by atoms with E-state index in [4.69, 9.17) is 9.47 Å². The smallest absolute Gasteiger partial charge is 0.191 e. The van der Waals surface area contributed by atoms with Crippen molar-refractivity contribution in [2.45, 2.75) is 39.1 Å². The summed E-state index contributed by atoms with van der Waals surface area (Å²) in [7, 11) is 3.24. The van der Waals surface area contributed by atoms with Crippen LogP contribution in [0.5, 0.6) is 0 Å². The Labute approximate surface area is 127 Å². The molecule has 0 saturated carbocycles. The van der Waals surface area contributed by atoms with Gasteiger partial charge in [-0.3, -0.25) is 0 Å². The molecule has 0 aliphatic heterocycles. The van der Waals surface area contributed by atoms with Gasteiger partial charge in [-0.05, 0) is 36.8 Å². The Hall–Kier alpha value is -1.16. The van der Waals surface area contributed by atoms with Crippen LogP contribution in [-0.4, -0.2) is 19.3 Å². The first kappa shape index (κ1) is 16.2. The van der Waals surface area contributed by atoms with Crippen LogP contribution < -0.4 is 0 Å². The van der Waals surface area contributed by atoms with Crippen molar-refractivity contribution in [1.29, 1.82) is 0 Å². The van der Waals surface area contributed by atoms with Crippen molar-refractivity contribution < 1.29 is 14.6 Å². The van der Waals surface area contributed by atoms with Gasteiger partial charge in [0.25, 0.3) is 0 Å². The van der Waals surface area contributed by atoms with Crippen molar-refractivity contribution in [3.63, 3.8) is 0 Å². The minimum atomic E-state index is -0.978. The Balaban J connectivity index is 2.64. The molecule has 1 aliphatic rings. The van der Waals surface area contributed by atoms with Crippen LogP contribution in [0.4, 0.5) is 0 Å². The Morgan fingerprint density at radius 1 is 1.14 bits per heavy atom. The topological polar surface area (TPSA) is 38.7 Å². The maximum atomic E-state index is 11.4. The fourth-order valence-corrected chi connectivity index (χ4v) is 3.38. The third kappa shape index (κ3) is 2.33. The van der Waals surface area contributed by atoms with Crippen LogP contribution in [0.15, 0.2) is 35.9 Å². The van der Waals surface area contributed by atoms with E-state index in [-0.39, 0.29) is 5.92 Å². The van der Waals surface area contributed by atoms with Crippen LogP contribution in [0.1, 0.15) is 38.8 Å². The standard InChI is InChI=1S/C18H26O3/c1-12-11-13(2)18(19,14(12)3)16-10-8-7-9-15(16)17(4,20-5)21-6/h7-12,14,19H,1-6H3. The molecule has 0 fully saturated rings. The highest BCUT2D eigenvalue weighted by Gasteiger charge is 2.47. The monoisotopic (exact) mass is 290 g/mol. The van der Waals surface area contributed by atoms with Gasteiger partial charge in [0.05, 0.1) is 0 Å².